The van der Waals surface area contributed by atoms with E-state index >= 15 is 0 Å². The van der Waals surface area contributed by atoms with E-state index in [4.69, 9.17) is 16.3 Å². The number of amides is 1. The van der Waals surface area contributed by atoms with E-state index in [-0.39, 0.29) is 11.9 Å². The molecule has 0 aliphatic carbocycles. The third kappa shape index (κ3) is 5.20. The minimum Gasteiger partial charge on any atom is -0.388 e. The molecule has 152 valence electrons. The number of aliphatic hydroxyl groups is 3. The molecule has 0 aromatic carbocycles. The molecule has 0 spiro atoms. The first-order valence-corrected chi connectivity index (χ1v) is 11.6. The van der Waals surface area contributed by atoms with Crippen LogP contribution >= 0.6 is 35.1 Å². The number of hydrogen-bond acceptors (Lipinski definition) is 8. The van der Waals surface area contributed by atoms with E-state index in [1.54, 1.807) is 13.2 Å². The summed E-state index contributed by atoms with van der Waals surface area (Å²) in [4.78, 5) is 12.7. The van der Waals surface area contributed by atoms with Crippen LogP contribution in [0.5, 0.6) is 0 Å². The Morgan fingerprint density at radius 1 is 1.35 bits per heavy atom. The van der Waals surface area contributed by atoms with Gasteiger partial charge in [0.2, 0.25) is 5.91 Å². The zero-order chi connectivity index (χ0) is 19.4. The van der Waals surface area contributed by atoms with E-state index in [1.807, 2.05) is 11.8 Å². The van der Waals surface area contributed by atoms with Gasteiger partial charge in [-0.1, -0.05) is 6.92 Å². The number of thioether (sulfide) groups is 2. The van der Waals surface area contributed by atoms with Gasteiger partial charge in [0, 0.05) is 11.8 Å². The van der Waals surface area contributed by atoms with Gasteiger partial charge in [-0.2, -0.15) is 11.8 Å². The number of halogens is 1. The molecule has 7 nitrogen and oxygen atoms in total. The van der Waals surface area contributed by atoms with Gasteiger partial charge in [0.05, 0.1) is 17.5 Å². The van der Waals surface area contributed by atoms with Crippen molar-refractivity contribution in [1.82, 2.24) is 10.6 Å². The zero-order valence-electron chi connectivity index (χ0n) is 15.2. The molecular weight excluding hydrogens is 400 g/mol. The Kier molecular flexibility index (Phi) is 8.81. The minimum atomic E-state index is -1.36. The maximum atomic E-state index is 12.7. The molecule has 2 fully saturated rings. The largest absolute Gasteiger partial charge is 0.388 e. The Bertz CT molecular complexity index is 474. The Morgan fingerprint density at radius 3 is 2.62 bits per heavy atom. The van der Waals surface area contributed by atoms with E-state index in [9.17, 15) is 20.1 Å². The summed E-state index contributed by atoms with van der Waals surface area (Å²) in [5.74, 6) is 0.805. The van der Waals surface area contributed by atoms with Gasteiger partial charge in [0.15, 0.2) is 0 Å². The second-order valence-corrected chi connectivity index (χ2v) is 9.86. The van der Waals surface area contributed by atoms with Crippen molar-refractivity contribution in [1.29, 1.82) is 0 Å². The number of hydrogen-bond donors (Lipinski definition) is 5. The molecule has 9 atom stereocenters. The van der Waals surface area contributed by atoms with Crippen molar-refractivity contribution >= 4 is 41.0 Å². The second kappa shape index (κ2) is 10.2. The van der Waals surface area contributed by atoms with Crippen LogP contribution in [0.3, 0.4) is 0 Å². The molecule has 0 radical (unpaired) electrons. The lowest BCUT2D eigenvalue weighted by Crippen LogP contribution is -2.65. The third-order valence-electron chi connectivity index (χ3n) is 4.81. The summed E-state index contributed by atoms with van der Waals surface area (Å²) in [5.41, 5.74) is -0.705. The number of alkyl halides is 1. The monoisotopic (exact) mass is 428 g/mol. The van der Waals surface area contributed by atoms with Gasteiger partial charge in [-0.25, -0.2) is 0 Å². The van der Waals surface area contributed by atoms with Crippen LogP contribution in [-0.4, -0.2) is 92.3 Å². The predicted octanol–water partition coefficient (Wildman–Crippen LogP) is -0.247. The Balaban J connectivity index is 2.05. The molecule has 2 rings (SSSR count). The normalized spacial score (nSPS) is 40.2. The highest BCUT2D eigenvalue weighted by molar-refractivity contribution is 7.99. The zero-order valence-corrected chi connectivity index (χ0v) is 17.6. The lowest BCUT2D eigenvalue weighted by molar-refractivity contribution is -0.205. The van der Waals surface area contributed by atoms with Crippen molar-refractivity contribution in [3.63, 3.8) is 0 Å². The first-order chi connectivity index (χ1) is 12.3. The van der Waals surface area contributed by atoms with Crippen molar-refractivity contribution < 1.29 is 24.9 Å². The summed E-state index contributed by atoms with van der Waals surface area (Å²) in [5, 5.41) is 36.4. The van der Waals surface area contributed by atoms with Gasteiger partial charge in [0.25, 0.3) is 0 Å². The van der Waals surface area contributed by atoms with E-state index in [1.165, 1.54) is 11.8 Å². The fourth-order valence-electron chi connectivity index (χ4n) is 3.35. The molecule has 10 heteroatoms. The van der Waals surface area contributed by atoms with Crippen molar-refractivity contribution in [2.75, 3.05) is 18.6 Å². The number of rotatable bonds is 7. The Labute approximate surface area is 168 Å². The van der Waals surface area contributed by atoms with Crippen LogP contribution in [0.25, 0.3) is 0 Å². The second-order valence-electron chi connectivity index (χ2n) is 6.66. The van der Waals surface area contributed by atoms with E-state index in [0.717, 1.165) is 18.7 Å². The molecule has 0 aromatic heterocycles. The van der Waals surface area contributed by atoms with Gasteiger partial charge >= 0.3 is 0 Å². The molecule has 0 aromatic rings. The minimum absolute atomic E-state index is 0.196. The molecule has 2 heterocycles. The van der Waals surface area contributed by atoms with Crippen molar-refractivity contribution in [3.8, 4) is 0 Å². The van der Waals surface area contributed by atoms with Gasteiger partial charge < -0.3 is 30.7 Å². The molecule has 2 aliphatic rings. The number of ether oxygens (including phenoxy) is 1. The van der Waals surface area contributed by atoms with Gasteiger partial charge in [-0.3, -0.25) is 4.79 Å². The summed E-state index contributed by atoms with van der Waals surface area (Å²) in [6.07, 6.45) is -2.36. The van der Waals surface area contributed by atoms with E-state index in [0.29, 0.717) is 5.25 Å². The first-order valence-electron chi connectivity index (χ1n) is 8.82. The van der Waals surface area contributed by atoms with E-state index < -0.39 is 41.3 Å². The highest BCUT2D eigenvalue weighted by atomic mass is 35.5. The number of aliphatic hydroxyl groups excluding tert-OH is 3. The first kappa shape index (κ1) is 22.5. The fourth-order valence-corrected chi connectivity index (χ4v) is 5.25. The fraction of sp³-hybridized carbons (Fsp3) is 0.938. The highest BCUT2D eigenvalue weighted by Crippen LogP contribution is 2.30. The van der Waals surface area contributed by atoms with E-state index in [2.05, 4.69) is 17.6 Å². The summed E-state index contributed by atoms with van der Waals surface area (Å²) in [7, 11) is 0. The SMILES string of the molecule is CCS[C@@H]1CNC(C(=O)N[C@@H]([C@H]2O[C@H](SC)[C@H](O)[C@@H](O)[C@H]2O)[C@H](C)Cl)C1. The lowest BCUT2D eigenvalue weighted by Gasteiger charge is -2.44. The molecular formula is C16H29ClN2O5S2. The highest BCUT2D eigenvalue weighted by Gasteiger charge is 2.48. The molecule has 1 unspecified atom stereocenters. The number of carbonyl (C=O) groups excluding carboxylic acids is 1. The van der Waals surface area contributed by atoms with Crippen LogP contribution < -0.4 is 10.6 Å². The van der Waals surface area contributed by atoms with Crippen LogP contribution in [0, 0.1) is 0 Å². The summed E-state index contributed by atoms with van der Waals surface area (Å²) < 4.78 is 5.76. The van der Waals surface area contributed by atoms with Crippen molar-refractivity contribution in [2.24, 2.45) is 0 Å². The average Bonchev–Trinajstić information content (AvgIpc) is 3.07. The topological polar surface area (TPSA) is 111 Å². The van der Waals surface area contributed by atoms with Gasteiger partial charge in [-0.15, -0.1) is 23.4 Å². The summed E-state index contributed by atoms with van der Waals surface area (Å²) in [6.45, 7) is 4.57. The maximum Gasteiger partial charge on any atom is 0.237 e. The smallest absolute Gasteiger partial charge is 0.237 e. The molecule has 0 saturated carbocycles. The average molecular weight is 429 g/mol. The van der Waals surface area contributed by atoms with Crippen molar-refractivity contribution in [2.45, 2.75) is 72.8 Å². The third-order valence-corrected chi connectivity index (χ3v) is 7.10. The molecule has 2 saturated heterocycles. The van der Waals surface area contributed by atoms with Crippen molar-refractivity contribution in [3.05, 3.63) is 0 Å². The Hall–Kier alpha value is 0.260. The van der Waals surface area contributed by atoms with Crippen LogP contribution in [-0.2, 0) is 9.53 Å². The lowest BCUT2D eigenvalue weighted by atomic mass is 9.93. The summed E-state index contributed by atoms with van der Waals surface area (Å²) in [6, 6.07) is -1.01. The molecule has 5 N–H and O–H groups in total. The quantitative estimate of drug-likeness (QED) is 0.353. The number of carbonyl (C=O) groups is 1. The molecule has 26 heavy (non-hydrogen) atoms. The van der Waals surface area contributed by atoms with Crippen LogP contribution in [0.2, 0.25) is 0 Å². The van der Waals surface area contributed by atoms with Crippen LogP contribution in [0.4, 0.5) is 0 Å². The van der Waals surface area contributed by atoms with Gasteiger partial charge in [0.1, 0.15) is 29.9 Å². The molecule has 2 aliphatic heterocycles. The maximum absolute atomic E-state index is 12.7. The predicted molar refractivity (Wildman–Crippen MR) is 106 cm³/mol. The standard InChI is InChI=1S/C16H29ClN2O5S2/c1-4-26-8-5-9(18-6-8)15(23)19-10(7(2)17)14-12(21)11(20)13(22)16(24-14)25-3/h7-14,16,18,20-22H,4-6H2,1-3H3,(H,19,23)/t7-,8-,9?,10+,11-,12+,13+,14+,16+/m0/s1. The van der Waals surface area contributed by atoms with Crippen LogP contribution in [0.15, 0.2) is 0 Å². The summed E-state index contributed by atoms with van der Waals surface area (Å²) >= 11 is 9.31. The molecule has 1 amide bonds. The van der Waals surface area contributed by atoms with Crippen LogP contribution in [0.1, 0.15) is 20.3 Å². The molecule has 0 bridgehead atoms. The van der Waals surface area contributed by atoms with Gasteiger partial charge in [-0.05, 0) is 25.4 Å². The number of nitrogens with one attached hydrogen (secondary N) is 2. The Morgan fingerprint density at radius 2 is 2.04 bits per heavy atom.